The lowest BCUT2D eigenvalue weighted by Crippen LogP contribution is -2.23. The highest BCUT2D eigenvalue weighted by Gasteiger charge is 2.21. The number of aromatic nitrogens is 2. The molecular weight excluding hydrogens is 198 g/mol. The largest absolute Gasteiger partial charge is 0.314 e. The Balaban J connectivity index is 1.62. The van der Waals surface area contributed by atoms with E-state index in [9.17, 15) is 0 Å². The van der Waals surface area contributed by atoms with Crippen molar-refractivity contribution < 1.29 is 0 Å². The van der Waals surface area contributed by atoms with E-state index in [0.717, 1.165) is 12.3 Å². The van der Waals surface area contributed by atoms with Crippen LogP contribution in [0.4, 0.5) is 0 Å². The Bertz CT molecular complexity index is 333. The maximum atomic E-state index is 4.49. The average molecular weight is 219 g/mol. The molecule has 2 aliphatic rings. The number of nitrogens with one attached hydrogen (secondary N) is 2. The predicted octanol–water partition coefficient (Wildman–Crippen LogP) is 2.36. The van der Waals surface area contributed by atoms with Crippen LogP contribution in [0.5, 0.6) is 0 Å². The van der Waals surface area contributed by atoms with Gasteiger partial charge in [-0.15, -0.1) is 0 Å². The molecule has 0 spiro atoms. The zero-order valence-electron chi connectivity index (χ0n) is 9.84. The summed E-state index contributed by atoms with van der Waals surface area (Å²) < 4.78 is 0. The van der Waals surface area contributed by atoms with Crippen LogP contribution in [-0.4, -0.2) is 22.8 Å². The summed E-state index contributed by atoms with van der Waals surface area (Å²) in [6.07, 6.45) is 9.22. The second-order valence-electron chi connectivity index (χ2n) is 5.30. The molecule has 1 aliphatic carbocycles. The molecule has 2 fully saturated rings. The normalized spacial score (nSPS) is 26.6. The number of rotatable bonds is 3. The van der Waals surface area contributed by atoms with E-state index < -0.39 is 0 Å². The van der Waals surface area contributed by atoms with Crippen molar-refractivity contribution in [1.82, 2.24) is 15.5 Å². The molecule has 3 rings (SSSR count). The molecular formula is C13H21N3. The van der Waals surface area contributed by atoms with Crippen molar-refractivity contribution in [3.8, 4) is 0 Å². The van der Waals surface area contributed by atoms with E-state index in [2.05, 4.69) is 21.6 Å². The average Bonchev–Trinajstić information content (AvgIpc) is 2.99. The quantitative estimate of drug-likeness (QED) is 0.819. The van der Waals surface area contributed by atoms with Gasteiger partial charge in [0.15, 0.2) is 0 Å². The number of nitrogens with zero attached hydrogens (tertiary/aromatic N) is 1. The van der Waals surface area contributed by atoms with Crippen molar-refractivity contribution in [2.45, 2.75) is 56.9 Å². The zero-order chi connectivity index (χ0) is 10.8. The molecule has 1 unspecified atom stereocenters. The zero-order valence-corrected chi connectivity index (χ0v) is 9.84. The van der Waals surface area contributed by atoms with Crippen LogP contribution in [0, 0.1) is 0 Å². The van der Waals surface area contributed by atoms with E-state index in [-0.39, 0.29) is 0 Å². The van der Waals surface area contributed by atoms with Crippen molar-refractivity contribution in [2.75, 3.05) is 6.54 Å². The first-order valence-electron chi connectivity index (χ1n) is 6.69. The van der Waals surface area contributed by atoms with Crippen LogP contribution in [0.3, 0.4) is 0 Å². The molecule has 0 radical (unpaired) electrons. The fraction of sp³-hybridized carbons (Fsp3) is 0.769. The van der Waals surface area contributed by atoms with Crippen LogP contribution in [0.25, 0.3) is 0 Å². The van der Waals surface area contributed by atoms with Gasteiger partial charge >= 0.3 is 0 Å². The van der Waals surface area contributed by atoms with Gasteiger partial charge in [0, 0.05) is 24.1 Å². The van der Waals surface area contributed by atoms with Gasteiger partial charge in [-0.25, -0.2) is 0 Å². The summed E-state index contributed by atoms with van der Waals surface area (Å²) in [5, 5.41) is 11.2. The molecule has 3 heteroatoms. The van der Waals surface area contributed by atoms with Crippen molar-refractivity contribution in [1.29, 1.82) is 0 Å². The first-order valence-corrected chi connectivity index (χ1v) is 6.69. The maximum absolute atomic E-state index is 4.49. The molecule has 0 amide bonds. The monoisotopic (exact) mass is 219 g/mol. The molecule has 16 heavy (non-hydrogen) atoms. The first kappa shape index (κ1) is 10.3. The molecule has 1 aromatic heterocycles. The van der Waals surface area contributed by atoms with E-state index in [0.29, 0.717) is 6.04 Å². The molecule has 1 aliphatic heterocycles. The second kappa shape index (κ2) is 4.58. The summed E-state index contributed by atoms with van der Waals surface area (Å²) in [6, 6.07) is 2.98. The third-order valence-corrected chi connectivity index (χ3v) is 4.05. The summed E-state index contributed by atoms with van der Waals surface area (Å²) in [5.74, 6) is 0.738. The van der Waals surface area contributed by atoms with Crippen LogP contribution in [0.1, 0.15) is 55.8 Å². The lowest BCUT2D eigenvalue weighted by atomic mass is 10.0. The number of hydrogen-bond acceptors (Lipinski definition) is 2. The highest BCUT2D eigenvalue weighted by Crippen LogP contribution is 2.33. The van der Waals surface area contributed by atoms with E-state index >= 15 is 0 Å². The summed E-state index contributed by atoms with van der Waals surface area (Å²) in [5.41, 5.74) is 2.63. The van der Waals surface area contributed by atoms with E-state index in [1.807, 2.05) is 0 Å². The smallest absolute Gasteiger partial charge is 0.0655 e. The lowest BCUT2D eigenvalue weighted by Gasteiger charge is -2.07. The summed E-state index contributed by atoms with van der Waals surface area (Å²) in [6.45, 7) is 1.19. The second-order valence-corrected chi connectivity index (χ2v) is 5.30. The van der Waals surface area contributed by atoms with Gasteiger partial charge in [-0.3, -0.25) is 5.10 Å². The molecule has 2 heterocycles. The number of H-pyrrole nitrogens is 1. The maximum Gasteiger partial charge on any atom is 0.0655 e. The molecule has 0 aromatic carbocycles. The fourth-order valence-electron chi connectivity index (χ4n) is 3.11. The highest BCUT2D eigenvalue weighted by molar-refractivity contribution is 5.15. The molecule has 1 aromatic rings. The van der Waals surface area contributed by atoms with Crippen LogP contribution in [0.15, 0.2) is 6.07 Å². The third kappa shape index (κ3) is 2.14. The molecule has 3 nitrogen and oxygen atoms in total. The van der Waals surface area contributed by atoms with Crippen molar-refractivity contribution in [3.05, 3.63) is 17.5 Å². The highest BCUT2D eigenvalue weighted by atomic mass is 15.1. The SMILES string of the molecule is c1c(C2CCCC2)n[nH]c1CC1CCCN1. The predicted molar refractivity (Wildman–Crippen MR) is 64.5 cm³/mol. The van der Waals surface area contributed by atoms with Crippen molar-refractivity contribution >= 4 is 0 Å². The summed E-state index contributed by atoms with van der Waals surface area (Å²) in [4.78, 5) is 0. The number of hydrogen-bond donors (Lipinski definition) is 2. The van der Waals surface area contributed by atoms with E-state index in [4.69, 9.17) is 0 Å². The van der Waals surface area contributed by atoms with Gasteiger partial charge in [0.05, 0.1) is 5.69 Å². The number of aromatic amines is 1. The van der Waals surface area contributed by atoms with Crippen LogP contribution in [-0.2, 0) is 6.42 Å². The Kier molecular flexibility index (Phi) is 2.96. The first-order chi connectivity index (χ1) is 7.92. The Labute approximate surface area is 97.0 Å². The minimum absolute atomic E-state index is 0.678. The Morgan fingerprint density at radius 3 is 2.81 bits per heavy atom. The minimum atomic E-state index is 0.678. The molecule has 2 N–H and O–H groups in total. The molecule has 1 saturated heterocycles. The summed E-state index contributed by atoms with van der Waals surface area (Å²) in [7, 11) is 0. The van der Waals surface area contributed by atoms with Gasteiger partial charge in [0.1, 0.15) is 0 Å². The topological polar surface area (TPSA) is 40.7 Å². The third-order valence-electron chi connectivity index (χ3n) is 4.05. The van der Waals surface area contributed by atoms with Gasteiger partial charge in [0.2, 0.25) is 0 Å². The van der Waals surface area contributed by atoms with Gasteiger partial charge in [-0.05, 0) is 38.3 Å². The molecule has 0 bridgehead atoms. The van der Waals surface area contributed by atoms with E-state index in [1.165, 1.54) is 56.5 Å². The lowest BCUT2D eigenvalue weighted by molar-refractivity contribution is 0.594. The van der Waals surface area contributed by atoms with Gasteiger partial charge < -0.3 is 5.32 Å². The molecule has 1 saturated carbocycles. The van der Waals surface area contributed by atoms with Crippen molar-refractivity contribution in [2.24, 2.45) is 0 Å². The summed E-state index contributed by atoms with van der Waals surface area (Å²) >= 11 is 0. The molecule has 88 valence electrons. The van der Waals surface area contributed by atoms with Gasteiger partial charge in [0.25, 0.3) is 0 Å². The molecule has 1 atom stereocenters. The van der Waals surface area contributed by atoms with Gasteiger partial charge in [-0.1, -0.05) is 12.8 Å². The van der Waals surface area contributed by atoms with Crippen LogP contribution < -0.4 is 5.32 Å². The minimum Gasteiger partial charge on any atom is -0.314 e. The fourth-order valence-corrected chi connectivity index (χ4v) is 3.11. The van der Waals surface area contributed by atoms with Crippen LogP contribution in [0.2, 0.25) is 0 Å². The van der Waals surface area contributed by atoms with Crippen LogP contribution >= 0.6 is 0 Å². The Morgan fingerprint density at radius 1 is 1.19 bits per heavy atom. The van der Waals surface area contributed by atoms with E-state index in [1.54, 1.807) is 0 Å². The van der Waals surface area contributed by atoms with Crippen molar-refractivity contribution in [3.63, 3.8) is 0 Å². The Morgan fingerprint density at radius 2 is 2.06 bits per heavy atom. The Hall–Kier alpha value is -0.830. The van der Waals surface area contributed by atoms with Gasteiger partial charge in [-0.2, -0.15) is 5.10 Å². The standard InChI is InChI=1S/C13H21N3/c1-2-5-10(4-1)13-9-12(15-16-13)8-11-6-3-7-14-11/h9-11,14H,1-8H2,(H,15,16).